The van der Waals surface area contributed by atoms with Crippen LogP contribution >= 0.6 is 0 Å². The number of hydrogen-bond acceptors (Lipinski definition) is 3. The predicted molar refractivity (Wildman–Crippen MR) is 65.9 cm³/mol. The van der Waals surface area contributed by atoms with E-state index in [0.717, 1.165) is 10.00 Å². The molecule has 1 aliphatic carbocycles. The van der Waals surface area contributed by atoms with Gasteiger partial charge in [-0.1, -0.05) is 0 Å². The molecule has 1 saturated carbocycles. The largest absolute Gasteiger partial charge is 0.482 e. The summed E-state index contributed by atoms with van der Waals surface area (Å²) in [6.07, 6.45) is -5.38. The van der Waals surface area contributed by atoms with Crippen LogP contribution in [0.25, 0.3) is 0 Å². The van der Waals surface area contributed by atoms with Gasteiger partial charge in [0.25, 0.3) is 0 Å². The fraction of sp³-hybridized carbons (Fsp3) is 0.667. The van der Waals surface area contributed by atoms with Gasteiger partial charge in [0.05, 0.1) is 11.4 Å². The van der Waals surface area contributed by atoms with Crippen LogP contribution in [0.4, 0.5) is 27.6 Å². The van der Waals surface area contributed by atoms with Crippen molar-refractivity contribution in [2.24, 2.45) is 5.92 Å². The third-order valence-electron chi connectivity index (χ3n) is 3.53. The van der Waals surface area contributed by atoms with Gasteiger partial charge in [0.1, 0.15) is 0 Å². The van der Waals surface area contributed by atoms with Crippen LogP contribution in [0, 0.1) is 12.8 Å². The van der Waals surface area contributed by atoms with Crippen molar-refractivity contribution in [3.05, 3.63) is 11.4 Å². The van der Waals surface area contributed by atoms with Gasteiger partial charge in [-0.25, -0.2) is 13.6 Å². The second-order valence-corrected chi connectivity index (χ2v) is 5.38. The number of hydrogen-bond donors (Lipinski definition) is 2. The molecule has 1 atom stereocenters. The molecule has 2 rings (SSSR count). The molecule has 0 radical (unpaired) electrons. The molecule has 124 valence electrons. The third-order valence-corrected chi connectivity index (χ3v) is 3.53. The van der Waals surface area contributed by atoms with Crippen molar-refractivity contribution in [2.75, 3.05) is 5.32 Å². The summed E-state index contributed by atoms with van der Waals surface area (Å²) in [5.41, 5.74) is -1.49. The lowest BCUT2D eigenvalue weighted by Crippen LogP contribution is -2.23. The number of nitrogens with one attached hydrogen (secondary N) is 1. The average Bonchev–Trinajstić information content (AvgIpc) is 2.78. The topological polar surface area (TPSA) is 67.2 Å². The summed E-state index contributed by atoms with van der Waals surface area (Å²) in [5, 5.41) is 14.0. The van der Waals surface area contributed by atoms with Gasteiger partial charge in [0, 0.05) is 19.4 Å². The molecule has 10 heteroatoms. The predicted octanol–water partition coefficient (Wildman–Crippen LogP) is 3.26. The number of carbonyl (C=O) groups is 1. The average molecular weight is 327 g/mol. The molecule has 22 heavy (non-hydrogen) atoms. The van der Waals surface area contributed by atoms with Gasteiger partial charge in [-0.2, -0.15) is 18.3 Å². The van der Waals surface area contributed by atoms with Crippen molar-refractivity contribution in [1.29, 1.82) is 0 Å². The van der Waals surface area contributed by atoms with E-state index in [1.807, 2.05) is 0 Å². The van der Waals surface area contributed by atoms with E-state index >= 15 is 0 Å². The van der Waals surface area contributed by atoms with E-state index < -0.39 is 41.9 Å². The number of anilines is 1. The van der Waals surface area contributed by atoms with E-state index in [0.29, 0.717) is 0 Å². The second kappa shape index (κ2) is 5.40. The smallest absolute Gasteiger partial charge is 0.476 e. The van der Waals surface area contributed by atoms with Gasteiger partial charge in [-0.15, -0.1) is 0 Å². The van der Waals surface area contributed by atoms with E-state index in [9.17, 15) is 26.7 Å². The van der Waals surface area contributed by atoms with E-state index in [2.05, 4.69) is 5.10 Å². The number of carboxylic acid groups (broad SMARTS) is 1. The van der Waals surface area contributed by atoms with Gasteiger partial charge < -0.3 is 5.11 Å². The number of alkyl halides is 5. The maximum atomic E-state index is 13.2. The molecular weight excluding hydrogens is 313 g/mol. The fourth-order valence-corrected chi connectivity index (χ4v) is 2.66. The summed E-state index contributed by atoms with van der Waals surface area (Å²) < 4.78 is 64.5. The number of carboxylic acids is 1. The lowest BCUT2D eigenvalue weighted by molar-refractivity contribution is -0.1000. The highest BCUT2D eigenvalue weighted by Gasteiger charge is 2.40. The zero-order chi connectivity index (χ0) is 16.7. The Morgan fingerprint density at radius 2 is 2.14 bits per heavy atom. The number of aromatic nitrogens is 2. The Kier molecular flexibility index (Phi) is 4.05. The van der Waals surface area contributed by atoms with E-state index in [4.69, 9.17) is 5.11 Å². The minimum atomic E-state index is -4.82. The Labute approximate surface area is 122 Å². The molecule has 1 heterocycles. The number of aryl methyl sites for hydroxylation is 1. The fourth-order valence-electron chi connectivity index (χ4n) is 2.66. The van der Waals surface area contributed by atoms with Gasteiger partial charge in [-0.05, 0) is 19.3 Å². The third kappa shape index (κ3) is 3.66. The van der Waals surface area contributed by atoms with Crippen LogP contribution in [0.15, 0.2) is 0 Å². The number of aromatic carboxylic acids is 1. The van der Waals surface area contributed by atoms with Crippen molar-refractivity contribution in [3.8, 4) is 0 Å². The maximum absolute atomic E-state index is 13.2. The van der Waals surface area contributed by atoms with Crippen molar-refractivity contribution in [3.63, 3.8) is 0 Å². The van der Waals surface area contributed by atoms with E-state index in [1.165, 1.54) is 6.92 Å². The Morgan fingerprint density at radius 1 is 1.50 bits per heavy atom. The molecule has 1 aliphatic rings. The van der Waals surface area contributed by atoms with Gasteiger partial charge in [-0.3, -0.25) is 10.00 Å². The lowest BCUT2D eigenvalue weighted by atomic mass is 10.1. The van der Waals surface area contributed by atoms with Crippen molar-refractivity contribution in [2.45, 2.75) is 45.0 Å². The minimum Gasteiger partial charge on any atom is -0.476 e. The van der Waals surface area contributed by atoms with Crippen LogP contribution in [-0.4, -0.2) is 33.1 Å². The Morgan fingerprint density at radius 3 is 2.59 bits per heavy atom. The molecule has 0 bridgehead atoms. The van der Waals surface area contributed by atoms with Crippen LogP contribution in [0.1, 0.15) is 35.4 Å². The molecule has 5 nitrogen and oxygen atoms in total. The van der Waals surface area contributed by atoms with Crippen molar-refractivity contribution >= 4 is 11.7 Å². The molecule has 1 unspecified atom stereocenters. The maximum Gasteiger partial charge on any atom is 0.482 e. The zero-order valence-electron chi connectivity index (χ0n) is 11.5. The first kappa shape index (κ1) is 16.5. The molecule has 1 aromatic rings. The molecule has 0 spiro atoms. The van der Waals surface area contributed by atoms with Crippen LogP contribution in [-0.2, 0) is 6.54 Å². The molecule has 0 saturated heterocycles. The van der Waals surface area contributed by atoms with Crippen LogP contribution < -0.4 is 5.32 Å². The monoisotopic (exact) mass is 327 g/mol. The van der Waals surface area contributed by atoms with E-state index in [1.54, 1.807) is 0 Å². The summed E-state index contributed by atoms with van der Waals surface area (Å²) >= 11 is 0. The van der Waals surface area contributed by atoms with Crippen molar-refractivity contribution < 1.29 is 31.9 Å². The normalized spacial score (nSPS) is 21.1. The molecule has 1 aromatic heterocycles. The lowest BCUT2D eigenvalue weighted by Gasteiger charge is -2.13. The highest BCUT2D eigenvalue weighted by atomic mass is 19.4. The first-order chi connectivity index (χ1) is 9.98. The van der Waals surface area contributed by atoms with Gasteiger partial charge >= 0.3 is 12.3 Å². The Balaban J connectivity index is 2.28. The molecule has 0 aromatic carbocycles. The van der Waals surface area contributed by atoms with Gasteiger partial charge in [0.2, 0.25) is 5.92 Å². The molecule has 0 amide bonds. The van der Waals surface area contributed by atoms with Crippen LogP contribution in [0.3, 0.4) is 0 Å². The summed E-state index contributed by atoms with van der Waals surface area (Å²) in [5.74, 6) is -4.94. The number of rotatable bonds is 4. The standard InChI is InChI=1S/C12H14F5N3O2/c1-6-8(18-12(15,16)17)9(10(21)22)20(19-6)5-7-2-3-11(13,14)4-7/h7,18H,2-5H2,1H3,(H,21,22). The quantitative estimate of drug-likeness (QED) is 0.658. The number of nitrogens with zero attached hydrogens (tertiary/aromatic N) is 2. The van der Waals surface area contributed by atoms with Gasteiger partial charge in [0.15, 0.2) is 5.69 Å². The Bertz CT molecular complexity index is 582. The molecule has 1 fully saturated rings. The number of halogens is 5. The van der Waals surface area contributed by atoms with Crippen molar-refractivity contribution in [1.82, 2.24) is 9.78 Å². The first-order valence-electron chi connectivity index (χ1n) is 6.52. The first-order valence-corrected chi connectivity index (χ1v) is 6.52. The summed E-state index contributed by atoms with van der Waals surface area (Å²) in [6.45, 7) is 1.07. The van der Waals surface area contributed by atoms with E-state index in [-0.39, 0.29) is 25.1 Å². The highest BCUT2D eigenvalue weighted by Crippen LogP contribution is 2.40. The minimum absolute atomic E-state index is 0.153. The SMILES string of the molecule is Cc1nn(CC2CCC(F)(F)C2)c(C(=O)O)c1NC(F)(F)F. The summed E-state index contributed by atoms with van der Waals surface area (Å²) in [6, 6.07) is 0. The van der Waals surface area contributed by atoms with Crippen LogP contribution in [0.5, 0.6) is 0 Å². The zero-order valence-corrected chi connectivity index (χ0v) is 11.5. The highest BCUT2D eigenvalue weighted by molar-refractivity contribution is 5.93. The Hall–Kier alpha value is -1.87. The summed E-state index contributed by atoms with van der Waals surface area (Å²) in [4.78, 5) is 11.2. The van der Waals surface area contributed by atoms with Crippen LogP contribution in [0.2, 0.25) is 0 Å². The molecule has 2 N–H and O–H groups in total. The summed E-state index contributed by atoms with van der Waals surface area (Å²) in [7, 11) is 0. The second-order valence-electron chi connectivity index (χ2n) is 5.38. The molecule has 0 aliphatic heterocycles. The molecular formula is C12H14F5N3O2.